The number of likely N-dealkylation sites (tertiary alicyclic amines) is 1. The molecule has 6 heteroatoms. The fraction of sp³-hybridized carbons (Fsp3) is 0.562. The first-order valence-corrected chi connectivity index (χ1v) is 8.08. The van der Waals surface area contributed by atoms with Gasteiger partial charge in [-0.3, -0.25) is 4.98 Å². The molecule has 1 saturated heterocycles. The standard InChI is InChI=1S/C16H18BrN3O2/c1-15(2,3)22-14(21)20-7-11-12(8-20)16(11,9-18)13-5-4-10(17)6-19-13/h4-6,11-12H,7-8H2,1-3H3/t11-,12+,16-. The van der Waals surface area contributed by atoms with Crippen LogP contribution in [0, 0.1) is 23.2 Å². The Hall–Kier alpha value is -1.61. The highest BCUT2D eigenvalue weighted by Crippen LogP contribution is 2.62. The smallest absolute Gasteiger partial charge is 0.410 e. The normalized spacial score (nSPS) is 29.7. The van der Waals surface area contributed by atoms with Crippen molar-refractivity contribution in [2.75, 3.05) is 13.1 Å². The predicted octanol–water partition coefficient (Wildman–Crippen LogP) is 3.10. The molecule has 1 saturated carbocycles. The first kappa shape index (κ1) is 15.3. The van der Waals surface area contributed by atoms with Gasteiger partial charge in [0.25, 0.3) is 0 Å². The molecule has 0 spiro atoms. The third-order valence-electron chi connectivity index (χ3n) is 4.37. The van der Waals surface area contributed by atoms with Crippen LogP contribution < -0.4 is 0 Å². The zero-order valence-corrected chi connectivity index (χ0v) is 14.4. The number of carbonyl (C=O) groups excluding carboxylic acids is 1. The Balaban J connectivity index is 1.72. The molecule has 1 amide bonds. The summed E-state index contributed by atoms with van der Waals surface area (Å²) in [5, 5.41) is 9.66. The number of amides is 1. The molecule has 1 aromatic heterocycles. The highest BCUT2D eigenvalue weighted by molar-refractivity contribution is 9.10. The minimum atomic E-state index is -0.542. The number of halogens is 1. The van der Waals surface area contributed by atoms with E-state index >= 15 is 0 Å². The van der Waals surface area contributed by atoms with Crippen molar-refractivity contribution < 1.29 is 9.53 Å². The third kappa shape index (κ3) is 2.38. The van der Waals surface area contributed by atoms with Crippen LogP contribution in [0.25, 0.3) is 0 Å². The van der Waals surface area contributed by atoms with E-state index in [1.165, 1.54) is 0 Å². The number of nitriles is 1. The van der Waals surface area contributed by atoms with Gasteiger partial charge in [-0.25, -0.2) is 4.79 Å². The van der Waals surface area contributed by atoms with Crippen molar-refractivity contribution in [3.05, 3.63) is 28.5 Å². The van der Waals surface area contributed by atoms with Crippen LogP contribution in [0.15, 0.2) is 22.8 Å². The number of piperidine rings is 1. The molecule has 22 heavy (non-hydrogen) atoms. The van der Waals surface area contributed by atoms with Gasteiger partial charge in [-0.2, -0.15) is 5.26 Å². The molecule has 0 unspecified atom stereocenters. The van der Waals surface area contributed by atoms with Crippen LogP contribution in [0.1, 0.15) is 26.5 Å². The average molecular weight is 364 g/mol. The van der Waals surface area contributed by atoms with Crippen LogP contribution in [0.5, 0.6) is 0 Å². The molecule has 5 nitrogen and oxygen atoms in total. The highest BCUT2D eigenvalue weighted by Gasteiger charge is 2.71. The second-order valence-corrected chi connectivity index (χ2v) is 7.86. The van der Waals surface area contributed by atoms with Crippen molar-refractivity contribution in [1.29, 1.82) is 5.26 Å². The number of pyridine rings is 1. The van der Waals surface area contributed by atoms with Crippen molar-refractivity contribution in [1.82, 2.24) is 9.88 Å². The van der Waals surface area contributed by atoms with Gasteiger partial charge in [0.15, 0.2) is 0 Å². The van der Waals surface area contributed by atoms with Gasteiger partial charge in [0, 0.05) is 35.6 Å². The maximum Gasteiger partial charge on any atom is 0.410 e. The number of rotatable bonds is 1. The summed E-state index contributed by atoms with van der Waals surface area (Å²) >= 11 is 3.36. The van der Waals surface area contributed by atoms with Gasteiger partial charge in [0.2, 0.25) is 0 Å². The summed E-state index contributed by atoms with van der Waals surface area (Å²) in [5.74, 6) is 0.303. The Bertz CT molecular complexity index is 633. The van der Waals surface area contributed by atoms with E-state index in [0.29, 0.717) is 13.1 Å². The zero-order valence-electron chi connectivity index (χ0n) is 12.8. The minimum Gasteiger partial charge on any atom is -0.444 e. The summed E-state index contributed by atoms with van der Waals surface area (Å²) in [6.45, 7) is 6.68. The number of ether oxygens (including phenoxy) is 1. The lowest BCUT2D eigenvalue weighted by Crippen LogP contribution is -2.39. The number of hydrogen-bond donors (Lipinski definition) is 0. The number of hydrogen-bond acceptors (Lipinski definition) is 4. The minimum absolute atomic E-state index is 0.152. The Morgan fingerprint density at radius 1 is 1.45 bits per heavy atom. The summed E-state index contributed by atoms with van der Waals surface area (Å²) in [7, 11) is 0. The lowest BCUT2D eigenvalue weighted by Gasteiger charge is -2.27. The molecule has 3 atom stereocenters. The second kappa shape index (κ2) is 4.95. The van der Waals surface area contributed by atoms with Crippen LogP contribution in [-0.2, 0) is 10.2 Å². The van der Waals surface area contributed by atoms with Crippen molar-refractivity contribution >= 4 is 22.0 Å². The third-order valence-corrected chi connectivity index (χ3v) is 4.84. The van der Waals surface area contributed by atoms with E-state index in [1.54, 1.807) is 11.1 Å². The molecule has 1 aliphatic carbocycles. The Kier molecular flexibility index (Phi) is 3.44. The summed E-state index contributed by atoms with van der Waals surface area (Å²) < 4.78 is 6.29. The number of aromatic nitrogens is 1. The lowest BCUT2D eigenvalue weighted by atomic mass is 9.96. The van der Waals surface area contributed by atoms with Gasteiger partial charge in [-0.1, -0.05) is 0 Å². The highest BCUT2D eigenvalue weighted by atomic mass is 79.9. The largest absolute Gasteiger partial charge is 0.444 e. The van der Waals surface area contributed by atoms with Gasteiger partial charge >= 0.3 is 6.09 Å². The fourth-order valence-corrected chi connectivity index (χ4v) is 3.56. The van der Waals surface area contributed by atoms with E-state index in [2.05, 4.69) is 27.0 Å². The van der Waals surface area contributed by atoms with E-state index < -0.39 is 11.0 Å². The van der Waals surface area contributed by atoms with Gasteiger partial charge in [-0.15, -0.1) is 0 Å². The number of fused-ring (bicyclic) bond motifs is 1. The molecule has 0 N–H and O–H groups in total. The van der Waals surface area contributed by atoms with Crippen LogP contribution in [0.2, 0.25) is 0 Å². The van der Waals surface area contributed by atoms with Crippen LogP contribution in [0.3, 0.4) is 0 Å². The number of carbonyl (C=O) groups is 1. The molecular weight excluding hydrogens is 346 g/mol. The van der Waals surface area contributed by atoms with Gasteiger partial charge in [0.1, 0.15) is 11.0 Å². The molecule has 116 valence electrons. The van der Waals surface area contributed by atoms with E-state index in [4.69, 9.17) is 4.74 Å². The molecular formula is C16H18BrN3O2. The molecule has 1 aromatic rings. The second-order valence-electron chi connectivity index (χ2n) is 6.94. The first-order valence-electron chi connectivity index (χ1n) is 7.29. The lowest BCUT2D eigenvalue weighted by molar-refractivity contribution is 0.0265. The number of nitrogens with zero attached hydrogens (tertiary/aromatic N) is 3. The van der Waals surface area contributed by atoms with E-state index in [0.717, 1.165) is 10.2 Å². The Morgan fingerprint density at radius 3 is 2.55 bits per heavy atom. The SMILES string of the molecule is CC(C)(C)OC(=O)N1C[C@@H]2[C@H](C1)[C@]2(C#N)c1ccc(Br)cn1. The summed E-state index contributed by atoms with van der Waals surface area (Å²) in [5.41, 5.74) is -0.236. The van der Waals surface area contributed by atoms with Gasteiger partial charge in [0.05, 0.1) is 11.8 Å². The molecule has 0 aromatic carbocycles. The van der Waals surface area contributed by atoms with Crippen molar-refractivity contribution in [2.24, 2.45) is 11.8 Å². The van der Waals surface area contributed by atoms with Gasteiger partial charge < -0.3 is 9.64 Å². The summed E-state index contributed by atoms with van der Waals surface area (Å²) in [6.07, 6.45) is 1.42. The van der Waals surface area contributed by atoms with Gasteiger partial charge in [-0.05, 0) is 48.8 Å². The monoisotopic (exact) mass is 363 g/mol. The molecule has 0 radical (unpaired) electrons. The maximum atomic E-state index is 12.1. The van der Waals surface area contributed by atoms with E-state index in [9.17, 15) is 10.1 Å². The topological polar surface area (TPSA) is 66.2 Å². The quantitative estimate of drug-likeness (QED) is 0.768. The Labute approximate surface area is 138 Å². The molecule has 2 aliphatic rings. The molecule has 1 aliphatic heterocycles. The average Bonchev–Trinajstić information content (AvgIpc) is 2.81. The predicted molar refractivity (Wildman–Crippen MR) is 84.0 cm³/mol. The van der Waals surface area contributed by atoms with E-state index in [-0.39, 0.29) is 17.9 Å². The maximum absolute atomic E-state index is 12.1. The van der Waals surface area contributed by atoms with Crippen molar-refractivity contribution in [3.8, 4) is 6.07 Å². The molecule has 2 heterocycles. The van der Waals surface area contributed by atoms with Crippen molar-refractivity contribution in [2.45, 2.75) is 31.8 Å². The van der Waals surface area contributed by atoms with Crippen molar-refractivity contribution in [3.63, 3.8) is 0 Å². The molecule has 3 rings (SSSR count). The fourth-order valence-electron chi connectivity index (χ4n) is 3.33. The summed E-state index contributed by atoms with van der Waals surface area (Å²) in [4.78, 5) is 18.2. The molecule has 2 fully saturated rings. The summed E-state index contributed by atoms with van der Waals surface area (Å²) in [6, 6.07) is 6.24. The first-order chi connectivity index (χ1) is 10.3. The van der Waals surface area contributed by atoms with Crippen LogP contribution >= 0.6 is 15.9 Å². The van der Waals surface area contributed by atoms with Crippen LogP contribution in [-0.4, -0.2) is 34.7 Å². The van der Waals surface area contributed by atoms with E-state index in [1.807, 2.05) is 32.9 Å². The zero-order chi connectivity index (χ0) is 16.1. The Morgan fingerprint density at radius 2 is 2.09 bits per heavy atom. The van der Waals surface area contributed by atoms with Crippen LogP contribution in [0.4, 0.5) is 4.79 Å². The molecule has 0 bridgehead atoms.